The normalized spacial score (nSPS) is 22.1. The molecule has 0 radical (unpaired) electrons. The minimum atomic E-state index is -0.323. The molecule has 3 aromatic rings. The van der Waals surface area contributed by atoms with Crippen molar-refractivity contribution in [1.29, 1.82) is 5.26 Å². The number of hydrogen-bond acceptors (Lipinski definition) is 6. The van der Waals surface area contributed by atoms with E-state index in [4.69, 9.17) is 0 Å². The Bertz CT molecular complexity index is 1040. The fourth-order valence-electron chi connectivity index (χ4n) is 4.41. The molecule has 0 N–H and O–H groups in total. The summed E-state index contributed by atoms with van der Waals surface area (Å²) in [5, 5.41) is 21.9. The lowest BCUT2D eigenvalue weighted by molar-refractivity contribution is 0.387. The Hall–Kier alpha value is -3.21. The lowest BCUT2D eigenvalue weighted by Gasteiger charge is -2.40. The second-order valence-corrected chi connectivity index (χ2v) is 7.12. The zero-order valence-corrected chi connectivity index (χ0v) is 14.7. The van der Waals surface area contributed by atoms with Crippen molar-refractivity contribution < 1.29 is 4.39 Å². The molecule has 2 aliphatic rings. The topological polar surface area (TPSA) is 73.4 Å². The van der Waals surface area contributed by atoms with Crippen molar-refractivity contribution in [3.63, 3.8) is 0 Å². The summed E-state index contributed by atoms with van der Waals surface area (Å²) in [6.45, 7) is 2.44. The molecule has 2 aromatic heterocycles. The summed E-state index contributed by atoms with van der Waals surface area (Å²) in [6, 6.07) is 10.9. The number of aromatic nitrogens is 4. The van der Waals surface area contributed by atoms with Crippen LogP contribution in [-0.4, -0.2) is 45.5 Å². The van der Waals surface area contributed by atoms with Crippen molar-refractivity contribution in [1.82, 2.24) is 19.8 Å². The van der Waals surface area contributed by atoms with Gasteiger partial charge in [-0.3, -0.25) is 0 Å². The van der Waals surface area contributed by atoms with E-state index in [9.17, 15) is 9.65 Å². The highest BCUT2D eigenvalue weighted by atomic mass is 19.1. The van der Waals surface area contributed by atoms with Gasteiger partial charge in [-0.25, -0.2) is 4.39 Å². The number of benzene rings is 1. The van der Waals surface area contributed by atoms with Gasteiger partial charge in [0.2, 0.25) is 0 Å². The number of fused-ring (bicyclic) bond motifs is 2. The highest BCUT2D eigenvalue weighted by Gasteiger charge is 2.40. The number of anilines is 2. The van der Waals surface area contributed by atoms with E-state index in [1.165, 1.54) is 6.07 Å². The van der Waals surface area contributed by atoms with Crippen LogP contribution in [0.5, 0.6) is 0 Å². The molecule has 7 nitrogen and oxygen atoms in total. The van der Waals surface area contributed by atoms with Gasteiger partial charge >= 0.3 is 0 Å². The van der Waals surface area contributed by atoms with Gasteiger partial charge in [-0.2, -0.15) is 9.78 Å². The van der Waals surface area contributed by atoms with Crippen molar-refractivity contribution in [2.75, 3.05) is 29.4 Å². The van der Waals surface area contributed by atoms with Crippen LogP contribution in [0.3, 0.4) is 0 Å². The fourth-order valence-corrected chi connectivity index (χ4v) is 4.41. The Labute approximate surface area is 155 Å². The maximum absolute atomic E-state index is 14.6. The lowest BCUT2D eigenvalue weighted by Crippen LogP contribution is -2.49. The quantitative estimate of drug-likeness (QED) is 0.695. The van der Waals surface area contributed by atoms with Crippen molar-refractivity contribution in [3.05, 3.63) is 48.0 Å². The summed E-state index contributed by atoms with van der Waals surface area (Å²) < 4.78 is 16.2. The van der Waals surface area contributed by atoms with Gasteiger partial charge in [-0.1, -0.05) is 6.07 Å². The molecule has 0 aliphatic carbocycles. The number of nitriles is 1. The first-order valence-electron chi connectivity index (χ1n) is 9.12. The van der Waals surface area contributed by atoms with Crippen molar-refractivity contribution in [2.24, 2.45) is 5.92 Å². The van der Waals surface area contributed by atoms with E-state index in [0.717, 1.165) is 38.3 Å². The Balaban J connectivity index is 1.46. The first-order valence-corrected chi connectivity index (χ1v) is 9.12. The van der Waals surface area contributed by atoms with Crippen LogP contribution in [0.4, 0.5) is 15.9 Å². The molecule has 27 heavy (non-hydrogen) atoms. The van der Waals surface area contributed by atoms with Crippen molar-refractivity contribution >= 4 is 17.2 Å². The molecule has 0 amide bonds. The molecule has 2 saturated heterocycles. The molecule has 1 aromatic carbocycles. The summed E-state index contributed by atoms with van der Waals surface area (Å²) >= 11 is 0. The predicted octanol–water partition coefficient (Wildman–Crippen LogP) is 2.24. The van der Waals surface area contributed by atoms with Crippen LogP contribution in [0.2, 0.25) is 0 Å². The Kier molecular flexibility index (Phi) is 3.67. The molecule has 0 bridgehead atoms. The highest BCUT2D eigenvalue weighted by Crippen LogP contribution is 2.38. The minimum absolute atomic E-state index is 0.168. The van der Waals surface area contributed by atoms with Crippen molar-refractivity contribution in [3.8, 4) is 6.07 Å². The molecule has 8 heteroatoms. The van der Waals surface area contributed by atoms with Gasteiger partial charge in [-0.05, 0) is 43.0 Å². The van der Waals surface area contributed by atoms with E-state index in [1.807, 2.05) is 12.1 Å². The molecule has 2 atom stereocenters. The molecule has 5 rings (SSSR count). The molecule has 0 spiro atoms. The third-order valence-corrected chi connectivity index (χ3v) is 5.73. The second-order valence-electron chi connectivity index (χ2n) is 7.12. The molecular weight excluding hydrogens is 345 g/mol. The number of piperidine rings is 1. The van der Waals surface area contributed by atoms with Crippen LogP contribution < -0.4 is 9.80 Å². The van der Waals surface area contributed by atoms with Crippen LogP contribution in [-0.2, 0) is 0 Å². The molecule has 2 unspecified atom stereocenters. The fraction of sp³-hybridized carbons (Fsp3) is 0.368. The second kappa shape index (κ2) is 6.20. The van der Waals surface area contributed by atoms with E-state index < -0.39 is 0 Å². The van der Waals surface area contributed by atoms with E-state index in [0.29, 0.717) is 22.8 Å². The van der Waals surface area contributed by atoms with Gasteiger partial charge in [0.05, 0.1) is 11.3 Å². The maximum Gasteiger partial charge on any atom is 0.177 e. The average Bonchev–Trinajstić information content (AvgIpc) is 3.33. The van der Waals surface area contributed by atoms with Gasteiger partial charge < -0.3 is 9.80 Å². The first-order chi connectivity index (χ1) is 13.2. The third kappa shape index (κ3) is 2.58. The Morgan fingerprint density at radius 3 is 2.93 bits per heavy atom. The molecule has 0 saturated carbocycles. The zero-order chi connectivity index (χ0) is 18.4. The third-order valence-electron chi connectivity index (χ3n) is 5.73. The average molecular weight is 363 g/mol. The molecule has 2 aliphatic heterocycles. The SMILES string of the molecule is N#Cc1cccc(F)c1N1CCC2CCN(c3ccc4nncn4n3)CC21. The summed E-state index contributed by atoms with van der Waals surface area (Å²) in [6.07, 6.45) is 3.64. The molecular formula is C19H18FN7. The van der Waals surface area contributed by atoms with Gasteiger partial charge in [-0.15, -0.1) is 15.3 Å². The van der Waals surface area contributed by atoms with Gasteiger partial charge in [0, 0.05) is 25.7 Å². The van der Waals surface area contributed by atoms with E-state index in [1.54, 1.807) is 23.0 Å². The van der Waals surface area contributed by atoms with Gasteiger partial charge in [0.25, 0.3) is 0 Å². The summed E-state index contributed by atoms with van der Waals surface area (Å²) in [7, 11) is 0. The molecule has 4 heterocycles. The van der Waals surface area contributed by atoms with Gasteiger partial charge in [0.15, 0.2) is 5.65 Å². The molecule has 136 valence electrons. The Morgan fingerprint density at radius 2 is 2.04 bits per heavy atom. The van der Waals surface area contributed by atoms with Crippen molar-refractivity contribution in [2.45, 2.75) is 18.9 Å². The maximum atomic E-state index is 14.6. The number of halogens is 1. The monoisotopic (exact) mass is 363 g/mol. The smallest absolute Gasteiger partial charge is 0.177 e. The highest BCUT2D eigenvalue weighted by molar-refractivity contribution is 5.62. The Morgan fingerprint density at radius 1 is 1.15 bits per heavy atom. The first kappa shape index (κ1) is 16.0. The van der Waals surface area contributed by atoms with Gasteiger partial charge in [0.1, 0.15) is 24.0 Å². The number of rotatable bonds is 2. The largest absolute Gasteiger partial charge is 0.363 e. The lowest BCUT2D eigenvalue weighted by atomic mass is 9.92. The van der Waals surface area contributed by atoms with Crippen LogP contribution in [0.25, 0.3) is 5.65 Å². The number of nitrogens with zero attached hydrogens (tertiary/aromatic N) is 7. The summed E-state index contributed by atoms with van der Waals surface area (Å²) in [5.41, 5.74) is 1.55. The number of hydrogen-bond donors (Lipinski definition) is 0. The van der Waals surface area contributed by atoms with Crippen LogP contribution in [0.1, 0.15) is 18.4 Å². The van der Waals surface area contributed by atoms with Crippen LogP contribution >= 0.6 is 0 Å². The number of para-hydroxylation sites is 1. The predicted molar refractivity (Wildman–Crippen MR) is 98.0 cm³/mol. The van der Waals surface area contributed by atoms with Crippen LogP contribution in [0, 0.1) is 23.1 Å². The van der Waals surface area contributed by atoms with Crippen LogP contribution in [0.15, 0.2) is 36.7 Å². The zero-order valence-electron chi connectivity index (χ0n) is 14.7. The standard InChI is InChI=1S/C19H18FN7/c20-15-3-1-2-14(10-21)19(15)26-9-7-13-6-8-25(11-16(13)26)18-5-4-17-23-22-12-27(17)24-18/h1-5,12-13,16H,6-9,11H2. The van der Waals surface area contributed by atoms with E-state index in [2.05, 4.69) is 31.2 Å². The van der Waals surface area contributed by atoms with E-state index >= 15 is 0 Å². The molecule has 2 fully saturated rings. The van der Waals surface area contributed by atoms with E-state index in [-0.39, 0.29) is 11.9 Å². The summed E-state index contributed by atoms with van der Waals surface area (Å²) in [4.78, 5) is 4.31. The summed E-state index contributed by atoms with van der Waals surface area (Å²) in [5.74, 6) is 1.04. The minimum Gasteiger partial charge on any atom is -0.363 e.